The summed E-state index contributed by atoms with van der Waals surface area (Å²) in [6.45, 7) is 7.98. The lowest BCUT2D eigenvalue weighted by molar-refractivity contribution is -0.0124. The van der Waals surface area contributed by atoms with E-state index in [-0.39, 0.29) is 12.0 Å². The molecule has 0 bridgehead atoms. The monoisotopic (exact) mass is 330 g/mol. The first-order chi connectivity index (χ1) is 11.5. The smallest absolute Gasteiger partial charge is 0.254 e. The fraction of sp³-hybridized carbons (Fsp3) is 0.444. The van der Waals surface area contributed by atoms with Crippen molar-refractivity contribution in [2.24, 2.45) is 0 Å². The summed E-state index contributed by atoms with van der Waals surface area (Å²) in [5.74, 6) is 1.50. The molecule has 3 rings (SSSR count). The van der Waals surface area contributed by atoms with Gasteiger partial charge >= 0.3 is 0 Å². The average Bonchev–Trinajstić information content (AvgIpc) is 2.91. The first-order valence-corrected chi connectivity index (χ1v) is 8.10. The summed E-state index contributed by atoms with van der Waals surface area (Å²) in [6.07, 6.45) is 0.0837. The Morgan fingerprint density at radius 1 is 1.33 bits per heavy atom. The van der Waals surface area contributed by atoms with Crippen molar-refractivity contribution in [3.05, 3.63) is 46.8 Å². The van der Waals surface area contributed by atoms with E-state index in [0.29, 0.717) is 37.6 Å². The molecule has 0 aliphatic carbocycles. The van der Waals surface area contributed by atoms with Crippen molar-refractivity contribution < 1.29 is 18.8 Å². The van der Waals surface area contributed by atoms with Gasteiger partial charge in [0.05, 0.1) is 24.0 Å². The maximum absolute atomic E-state index is 12.5. The fourth-order valence-corrected chi connectivity index (χ4v) is 2.74. The Bertz CT molecular complexity index is 689. The van der Waals surface area contributed by atoms with Crippen LogP contribution in [0.3, 0.4) is 0 Å². The predicted octanol–water partition coefficient (Wildman–Crippen LogP) is 2.73. The summed E-state index contributed by atoms with van der Waals surface area (Å²) >= 11 is 0. The quantitative estimate of drug-likeness (QED) is 0.862. The fourth-order valence-electron chi connectivity index (χ4n) is 2.74. The zero-order valence-corrected chi connectivity index (χ0v) is 14.2. The molecule has 0 radical (unpaired) electrons. The molecule has 6 nitrogen and oxygen atoms in total. The van der Waals surface area contributed by atoms with Crippen molar-refractivity contribution in [3.8, 4) is 5.75 Å². The van der Waals surface area contributed by atoms with Gasteiger partial charge in [0.25, 0.3) is 5.91 Å². The molecule has 1 atom stereocenters. The Balaban J connectivity index is 1.62. The number of carbonyl (C=O) groups is 1. The number of carbonyl (C=O) groups excluding carboxylic acids is 1. The van der Waals surface area contributed by atoms with Crippen molar-refractivity contribution in [1.29, 1.82) is 0 Å². The number of rotatable bonds is 4. The lowest BCUT2D eigenvalue weighted by Crippen LogP contribution is -2.44. The van der Waals surface area contributed by atoms with Crippen LogP contribution in [-0.4, -0.2) is 41.8 Å². The molecule has 24 heavy (non-hydrogen) atoms. The van der Waals surface area contributed by atoms with Gasteiger partial charge in [-0.05, 0) is 45.0 Å². The molecule has 1 aliphatic heterocycles. The molecule has 6 heteroatoms. The molecule has 1 saturated heterocycles. The van der Waals surface area contributed by atoms with E-state index in [1.54, 1.807) is 12.1 Å². The maximum atomic E-state index is 12.5. The van der Waals surface area contributed by atoms with Crippen molar-refractivity contribution in [3.63, 3.8) is 0 Å². The van der Waals surface area contributed by atoms with Gasteiger partial charge in [-0.25, -0.2) is 0 Å². The second-order valence-electron chi connectivity index (χ2n) is 6.05. The summed E-state index contributed by atoms with van der Waals surface area (Å²) in [5.41, 5.74) is 2.45. The zero-order chi connectivity index (χ0) is 17.1. The van der Waals surface area contributed by atoms with E-state index in [0.717, 1.165) is 17.0 Å². The van der Waals surface area contributed by atoms with Gasteiger partial charge in [-0.15, -0.1) is 0 Å². The van der Waals surface area contributed by atoms with E-state index >= 15 is 0 Å². The molecule has 1 aliphatic rings. The van der Waals surface area contributed by atoms with Crippen LogP contribution in [0.4, 0.5) is 0 Å². The predicted molar refractivity (Wildman–Crippen MR) is 88.1 cm³/mol. The third-order valence-electron chi connectivity index (χ3n) is 4.19. The van der Waals surface area contributed by atoms with Crippen LogP contribution in [0, 0.1) is 13.8 Å². The van der Waals surface area contributed by atoms with Crippen LogP contribution in [0.5, 0.6) is 5.75 Å². The lowest BCUT2D eigenvalue weighted by atomic mass is 10.1. The molecular formula is C18H22N2O4. The van der Waals surface area contributed by atoms with E-state index in [4.69, 9.17) is 14.0 Å². The number of hydrogen-bond acceptors (Lipinski definition) is 5. The number of ether oxygens (including phenoxy) is 2. The number of aromatic nitrogens is 1. The van der Waals surface area contributed by atoms with Gasteiger partial charge < -0.3 is 18.9 Å². The van der Waals surface area contributed by atoms with Gasteiger partial charge in [-0.2, -0.15) is 0 Å². The third kappa shape index (κ3) is 3.59. The minimum atomic E-state index is 0.0300. The summed E-state index contributed by atoms with van der Waals surface area (Å²) in [6, 6.07) is 7.22. The van der Waals surface area contributed by atoms with Gasteiger partial charge in [0.2, 0.25) is 0 Å². The van der Waals surface area contributed by atoms with Gasteiger partial charge in [0, 0.05) is 18.7 Å². The highest BCUT2D eigenvalue weighted by Crippen LogP contribution is 2.19. The van der Waals surface area contributed by atoms with Crippen LogP contribution in [0.2, 0.25) is 0 Å². The van der Waals surface area contributed by atoms with Gasteiger partial charge in [0.1, 0.15) is 18.1 Å². The Hall–Kier alpha value is -2.34. The van der Waals surface area contributed by atoms with Crippen LogP contribution >= 0.6 is 0 Å². The second kappa shape index (κ2) is 7.05. The SMILES string of the molecule is Cc1noc(C)c1COc1ccc(C(=O)N2CCOC(C)C2)cc1. The number of aryl methyl sites for hydroxylation is 2. The average molecular weight is 330 g/mol. The zero-order valence-electron chi connectivity index (χ0n) is 14.2. The Kier molecular flexibility index (Phi) is 4.85. The topological polar surface area (TPSA) is 64.8 Å². The number of benzene rings is 1. The Labute approximate surface area is 141 Å². The maximum Gasteiger partial charge on any atom is 0.254 e. The molecule has 2 heterocycles. The summed E-state index contributed by atoms with van der Waals surface area (Å²) < 4.78 is 16.4. The number of amides is 1. The molecule has 0 saturated carbocycles. The highest BCUT2D eigenvalue weighted by molar-refractivity contribution is 5.94. The second-order valence-corrected chi connectivity index (χ2v) is 6.05. The summed E-state index contributed by atoms with van der Waals surface area (Å²) in [7, 11) is 0. The third-order valence-corrected chi connectivity index (χ3v) is 4.19. The molecule has 1 fully saturated rings. The van der Waals surface area contributed by atoms with Crippen molar-refractivity contribution in [2.45, 2.75) is 33.5 Å². The molecule has 1 unspecified atom stereocenters. The van der Waals surface area contributed by atoms with E-state index < -0.39 is 0 Å². The molecule has 0 N–H and O–H groups in total. The molecule has 2 aromatic rings. The summed E-state index contributed by atoms with van der Waals surface area (Å²) in [4.78, 5) is 14.3. The normalized spacial score (nSPS) is 17.8. The lowest BCUT2D eigenvalue weighted by Gasteiger charge is -2.31. The minimum absolute atomic E-state index is 0.0300. The standard InChI is InChI=1S/C18H22N2O4/c1-12-10-20(8-9-22-12)18(21)15-4-6-16(7-5-15)23-11-17-13(2)19-24-14(17)3/h4-7,12H,8-11H2,1-3H3. The molecule has 1 amide bonds. The number of hydrogen-bond donors (Lipinski definition) is 0. The molecule has 128 valence electrons. The number of nitrogens with zero attached hydrogens (tertiary/aromatic N) is 2. The molecular weight excluding hydrogens is 308 g/mol. The number of morpholine rings is 1. The van der Waals surface area contributed by atoms with Crippen LogP contribution in [0.1, 0.15) is 34.3 Å². The van der Waals surface area contributed by atoms with Crippen LogP contribution < -0.4 is 4.74 Å². The molecule has 1 aromatic carbocycles. The first kappa shape index (κ1) is 16.5. The van der Waals surface area contributed by atoms with Gasteiger partial charge in [-0.3, -0.25) is 4.79 Å². The van der Waals surface area contributed by atoms with Crippen LogP contribution in [-0.2, 0) is 11.3 Å². The van der Waals surface area contributed by atoms with E-state index in [9.17, 15) is 4.79 Å². The highest BCUT2D eigenvalue weighted by Gasteiger charge is 2.22. The van der Waals surface area contributed by atoms with Crippen molar-refractivity contribution in [1.82, 2.24) is 10.1 Å². The minimum Gasteiger partial charge on any atom is -0.489 e. The van der Waals surface area contributed by atoms with Gasteiger partial charge in [-0.1, -0.05) is 5.16 Å². The Morgan fingerprint density at radius 2 is 2.08 bits per heavy atom. The van der Waals surface area contributed by atoms with E-state index in [1.807, 2.05) is 37.8 Å². The van der Waals surface area contributed by atoms with Crippen LogP contribution in [0.25, 0.3) is 0 Å². The van der Waals surface area contributed by atoms with Crippen molar-refractivity contribution >= 4 is 5.91 Å². The molecule has 0 spiro atoms. The van der Waals surface area contributed by atoms with Crippen molar-refractivity contribution in [2.75, 3.05) is 19.7 Å². The first-order valence-electron chi connectivity index (χ1n) is 8.10. The highest BCUT2D eigenvalue weighted by atomic mass is 16.5. The van der Waals surface area contributed by atoms with Crippen LogP contribution in [0.15, 0.2) is 28.8 Å². The molecule has 1 aromatic heterocycles. The van der Waals surface area contributed by atoms with E-state index in [2.05, 4.69) is 5.16 Å². The summed E-state index contributed by atoms with van der Waals surface area (Å²) in [5, 5.41) is 3.91. The van der Waals surface area contributed by atoms with Gasteiger partial charge in [0.15, 0.2) is 0 Å². The largest absolute Gasteiger partial charge is 0.489 e. The van der Waals surface area contributed by atoms with E-state index in [1.165, 1.54) is 0 Å². The Morgan fingerprint density at radius 3 is 2.71 bits per heavy atom.